The van der Waals surface area contributed by atoms with Gasteiger partial charge >= 0.3 is 0 Å². The number of ether oxygens (including phenoxy) is 1. The van der Waals surface area contributed by atoms with Gasteiger partial charge in [-0.05, 0) is 36.0 Å². The predicted octanol–water partition coefficient (Wildman–Crippen LogP) is 1.96. The van der Waals surface area contributed by atoms with Crippen molar-refractivity contribution >= 4 is 10.0 Å². The fourth-order valence-corrected chi connectivity index (χ4v) is 4.10. The number of nitrogens with two attached hydrogens (primary N) is 1. The van der Waals surface area contributed by atoms with Crippen molar-refractivity contribution in [3.05, 3.63) is 23.8 Å². The van der Waals surface area contributed by atoms with Gasteiger partial charge in [0, 0.05) is 19.6 Å². The molecule has 0 aromatic heterocycles. The van der Waals surface area contributed by atoms with Gasteiger partial charge in [0.1, 0.15) is 10.6 Å². The van der Waals surface area contributed by atoms with Gasteiger partial charge in [-0.2, -0.15) is 4.31 Å². The van der Waals surface area contributed by atoms with Crippen LogP contribution < -0.4 is 10.5 Å². The van der Waals surface area contributed by atoms with E-state index in [1.807, 2.05) is 0 Å². The Labute approximate surface area is 127 Å². The van der Waals surface area contributed by atoms with Crippen molar-refractivity contribution in [1.82, 2.24) is 4.31 Å². The Hall–Kier alpha value is -1.11. The van der Waals surface area contributed by atoms with Crippen molar-refractivity contribution in [2.24, 2.45) is 11.1 Å². The van der Waals surface area contributed by atoms with Crippen LogP contribution in [0.4, 0.5) is 0 Å². The molecule has 1 heterocycles. The molecule has 6 heteroatoms. The number of methoxy groups -OCH3 is 1. The summed E-state index contributed by atoms with van der Waals surface area (Å²) in [5, 5.41) is 0. The summed E-state index contributed by atoms with van der Waals surface area (Å²) in [6.07, 6.45) is 1.74. The lowest BCUT2D eigenvalue weighted by molar-refractivity contribution is 0.195. The van der Waals surface area contributed by atoms with Crippen LogP contribution in [0, 0.1) is 5.41 Å². The van der Waals surface area contributed by atoms with Gasteiger partial charge < -0.3 is 10.5 Å². The third-order valence-corrected chi connectivity index (χ3v) is 6.10. The van der Waals surface area contributed by atoms with E-state index in [0.717, 1.165) is 18.4 Å². The first-order valence-corrected chi connectivity index (χ1v) is 8.61. The van der Waals surface area contributed by atoms with E-state index in [4.69, 9.17) is 10.5 Å². The topological polar surface area (TPSA) is 72.6 Å². The van der Waals surface area contributed by atoms with E-state index < -0.39 is 10.0 Å². The number of sulfonamides is 1. The number of hydrogen-bond donors (Lipinski definition) is 1. The van der Waals surface area contributed by atoms with Crippen LogP contribution in [0.5, 0.6) is 5.75 Å². The Kier molecular flexibility index (Phi) is 4.60. The lowest BCUT2D eigenvalue weighted by Crippen LogP contribution is -2.41. The summed E-state index contributed by atoms with van der Waals surface area (Å²) in [7, 11) is -2.03. The van der Waals surface area contributed by atoms with E-state index in [-0.39, 0.29) is 10.3 Å². The van der Waals surface area contributed by atoms with E-state index in [2.05, 4.69) is 13.8 Å². The zero-order chi connectivity index (χ0) is 15.7. The van der Waals surface area contributed by atoms with E-state index in [1.165, 1.54) is 7.11 Å². The molecule has 1 aliphatic rings. The Morgan fingerprint density at radius 1 is 1.29 bits per heavy atom. The molecule has 0 radical (unpaired) electrons. The molecule has 0 aliphatic carbocycles. The monoisotopic (exact) mass is 312 g/mol. The van der Waals surface area contributed by atoms with Crippen LogP contribution in [0.1, 0.15) is 32.3 Å². The first kappa shape index (κ1) is 16.3. The average Bonchev–Trinajstić information content (AvgIpc) is 2.46. The smallest absolute Gasteiger partial charge is 0.246 e. The number of rotatable bonds is 4. The van der Waals surface area contributed by atoms with Gasteiger partial charge in [-0.3, -0.25) is 0 Å². The summed E-state index contributed by atoms with van der Waals surface area (Å²) in [5.41, 5.74) is 6.65. The highest BCUT2D eigenvalue weighted by Gasteiger charge is 2.34. The molecular formula is C15H24N2O3S. The first-order chi connectivity index (χ1) is 9.80. The maximum atomic E-state index is 12.8. The molecule has 0 amide bonds. The predicted molar refractivity (Wildman–Crippen MR) is 82.7 cm³/mol. The molecule has 1 fully saturated rings. The van der Waals surface area contributed by atoms with Crippen LogP contribution in [0.25, 0.3) is 0 Å². The van der Waals surface area contributed by atoms with Crippen molar-refractivity contribution in [3.8, 4) is 5.75 Å². The molecule has 1 saturated heterocycles. The molecule has 118 valence electrons. The molecule has 1 aliphatic heterocycles. The number of nitrogens with zero attached hydrogens (tertiary/aromatic N) is 1. The van der Waals surface area contributed by atoms with Crippen LogP contribution in [0.15, 0.2) is 23.1 Å². The Morgan fingerprint density at radius 3 is 2.43 bits per heavy atom. The second-order valence-corrected chi connectivity index (χ2v) is 8.16. The van der Waals surface area contributed by atoms with Crippen LogP contribution >= 0.6 is 0 Å². The van der Waals surface area contributed by atoms with Gasteiger partial charge in [0.25, 0.3) is 0 Å². The van der Waals surface area contributed by atoms with Crippen molar-refractivity contribution < 1.29 is 13.2 Å². The molecule has 2 rings (SSSR count). The second-order valence-electron chi connectivity index (χ2n) is 6.26. The highest BCUT2D eigenvalue weighted by Crippen LogP contribution is 2.34. The van der Waals surface area contributed by atoms with E-state index in [0.29, 0.717) is 25.4 Å². The van der Waals surface area contributed by atoms with Gasteiger partial charge in [0.05, 0.1) is 7.11 Å². The van der Waals surface area contributed by atoms with Crippen molar-refractivity contribution in [3.63, 3.8) is 0 Å². The third kappa shape index (κ3) is 3.39. The lowest BCUT2D eigenvalue weighted by atomic mass is 9.83. The largest absolute Gasteiger partial charge is 0.495 e. The van der Waals surface area contributed by atoms with Gasteiger partial charge in [-0.15, -0.1) is 0 Å². The zero-order valence-electron chi connectivity index (χ0n) is 12.9. The first-order valence-electron chi connectivity index (χ1n) is 7.17. The lowest BCUT2D eigenvalue weighted by Gasteiger charge is -2.36. The standard InChI is InChI=1S/C15H24N2O3S/c1-15(2)6-8-17(9-7-15)21(18,19)14-5-4-12(11-16)10-13(14)20-3/h4-5,10H,6-9,11,16H2,1-3H3. The van der Waals surface area contributed by atoms with Crippen LogP contribution in [0.2, 0.25) is 0 Å². The van der Waals surface area contributed by atoms with E-state index >= 15 is 0 Å². The summed E-state index contributed by atoms with van der Waals surface area (Å²) in [6, 6.07) is 5.03. The Bertz CT molecular complexity index is 601. The number of benzene rings is 1. The van der Waals surface area contributed by atoms with Crippen LogP contribution in [-0.2, 0) is 16.6 Å². The highest BCUT2D eigenvalue weighted by molar-refractivity contribution is 7.89. The van der Waals surface area contributed by atoms with Gasteiger partial charge in [0.15, 0.2) is 0 Å². The van der Waals surface area contributed by atoms with Crippen LogP contribution in [0.3, 0.4) is 0 Å². The number of hydrogen-bond acceptors (Lipinski definition) is 4. The highest BCUT2D eigenvalue weighted by atomic mass is 32.2. The molecule has 1 aromatic carbocycles. The number of piperidine rings is 1. The zero-order valence-corrected chi connectivity index (χ0v) is 13.7. The van der Waals surface area contributed by atoms with Crippen LogP contribution in [-0.4, -0.2) is 32.9 Å². The molecule has 21 heavy (non-hydrogen) atoms. The minimum absolute atomic E-state index is 0.208. The molecule has 1 aromatic rings. The molecule has 5 nitrogen and oxygen atoms in total. The molecule has 0 spiro atoms. The average molecular weight is 312 g/mol. The fraction of sp³-hybridized carbons (Fsp3) is 0.600. The van der Waals surface area contributed by atoms with E-state index in [9.17, 15) is 8.42 Å². The summed E-state index contributed by atoms with van der Waals surface area (Å²) >= 11 is 0. The quantitative estimate of drug-likeness (QED) is 0.922. The summed E-state index contributed by atoms with van der Waals surface area (Å²) in [4.78, 5) is 0.224. The SMILES string of the molecule is COc1cc(CN)ccc1S(=O)(=O)N1CCC(C)(C)CC1. The van der Waals surface area contributed by atoms with Crippen molar-refractivity contribution in [1.29, 1.82) is 0 Å². The summed E-state index contributed by atoms with van der Waals surface area (Å²) in [5.74, 6) is 0.364. The van der Waals surface area contributed by atoms with Gasteiger partial charge in [0.2, 0.25) is 10.0 Å². The van der Waals surface area contributed by atoms with E-state index in [1.54, 1.807) is 22.5 Å². The molecule has 0 unspecified atom stereocenters. The molecule has 0 atom stereocenters. The molecule has 2 N–H and O–H groups in total. The molecule has 0 saturated carbocycles. The summed E-state index contributed by atoms with van der Waals surface area (Å²) in [6.45, 7) is 5.81. The normalized spacial score (nSPS) is 19.4. The third-order valence-electron chi connectivity index (χ3n) is 4.16. The molecule has 0 bridgehead atoms. The minimum atomic E-state index is -3.51. The maximum Gasteiger partial charge on any atom is 0.246 e. The Balaban J connectivity index is 2.32. The summed E-state index contributed by atoms with van der Waals surface area (Å²) < 4.78 is 32.4. The van der Waals surface area contributed by atoms with Crippen molar-refractivity contribution in [2.75, 3.05) is 20.2 Å². The maximum absolute atomic E-state index is 12.8. The second kappa shape index (κ2) is 5.94. The van der Waals surface area contributed by atoms with Gasteiger partial charge in [-0.25, -0.2) is 8.42 Å². The molecular weight excluding hydrogens is 288 g/mol. The Morgan fingerprint density at radius 2 is 1.90 bits per heavy atom. The van der Waals surface area contributed by atoms with Gasteiger partial charge in [-0.1, -0.05) is 19.9 Å². The van der Waals surface area contributed by atoms with Crippen molar-refractivity contribution in [2.45, 2.75) is 38.1 Å². The fourth-order valence-electron chi connectivity index (χ4n) is 2.52. The minimum Gasteiger partial charge on any atom is -0.495 e.